The Balaban J connectivity index is 0.00000312. The molecule has 0 unspecified atom stereocenters. The monoisotopic (exact) mass is 493 g/mol. The van der Waals surface area contributed by atoms with Gasteiger partial charge in [-0.05, 0) is 11.8 Å². The molecule has 2 N–H and O–H groups in total. The third-order valence-corrected chi connectivity index (χ3v) is 5.29. The van der Waals surface area contributed by atoms with Crippen molar-refractivity contribution in [3.63, 3.8) is 0 Å². The Morgan fingerprint density at radius 3 is 2.48 bits per heavy atom. The van der Waals surface area contributed by atoms with Crippen LogP contribution in [0.3, 0.4) is 0 Å². The smallest absolute Gasteiger partial charge is 0.191 e. The normalized spacial score (nSPS) is 11.7. The van der Waals surface area contributed by atoms with E-state index in [1.54, 1.807) is 29.7 Å². The zero-order valence-corrected chi connectivity index (χ0v) is 19.5. The number of guanidine groups is 1. The first-order chi connectivity index (χ1) is 11.5. The molecule has 0 radical (unpaired) electrons. The molecule has 0 spiro atoms. The van der Waals surface area contributed by atoms with E-state index >= 15 is 0 Å². The van der Waals surface area contributed by atoms with Crippen LogP contribution in [0.1, 0.15) is 54.2 Å². The van der Waals surface area contributed by atoms with E-state index in [4.69, 9.17) is 0 Å². The van der Waals surface area contributed by atoms with Crippen molar-refractivity contribution >= 4 is 52.6 Å². The first-order valence-electron chi connectivity index (χ1n) is 8.30. The van der Waals surface area contributed by atoms with Crippen LogP contribution in [0.25, 0.3) is 0 Å². The zero-order valence-electron chi connectivity index (χ0n) is 15.5. The maximum absolute atomic E-state index is 4.63. The Hall–Kier alpha value is -0.740. The molecule has 0 aromatic carbocycles. The van der Waals surface area contributed by atoms with Gasteiger partial charge in [-0.2, -0.15) is 0 Å². The minimum atomic E-state index is 0. The zero-order chi connectivity index (χ0) is 17.5. The molecule has 0 aliphatic carbocycles. The second kappa shape index (κ2) is 11.1. The molecule has 0 amide bonds. The number of hydrogen-bond donors (Lipinski definition) is 2. The van der Waals surface area contributed by atoms with Crippen molar-refractivity contribution in [2.45, 2.75) is 53.1 Å². The van der Waals surface area contributed by atoms with Gasteiger partial charge in [0.05, 0.1) is 23.8 Å². The maximum Gasteiger partial charge on any atom is 0.191 e. The molecule has 140 valence electrons. The molecule has 2 aromatic heterocycles. The molecule has 0 saturated heterocycles. The summed E-state index contributed by atoms with van der Waals surface area (Å²) in [5, 5.41) is 11.1. The number of thiazole rings is 2. The molecule has 8 heteroatoms. The van der Waals surface area contributed by atoms with E-state index in [1.807, 2.05) is 6.20 Å². The van der Waals surface area contributed by atoms with Gasteiger partial charge in [-0.15, -0.1) is 46.7 Å². The molecule has 2 rings (SSSR count). The van der Waals surface area contributed by atoms with E-state index in [0.29, 0.717) is 18.4 Å². The highest BCUT2D eigenvalue weighted by molar-refractivity contribution is 14.0. The second-order valence-electron chi connectivity index (χ2n) is 6.42. The lowest BCUT2D eigenvalue weighted by molar-refractivity contribution is 0.644. The van der Waals surface area contributed by atoms with Crippen molar-refractivity contribution < 1.29 is 0 Å². The molecule has 0 atom stereocenters. The quantitative estimate of drug-likeness (QED) is 0.341. The van der Waals surface area contributed by atoms with Crippen LogP contribution in [0, 0.1) is 5.92 Å². The fraction of sp³-hybridized carbons (Fsp3) is 0.588. The summed E-state index contributed by atoms with van der Waals surface area (Å²) in [4.78, 5) is 14.6. The summed E-state index contributed by atoms with van der Waals surface area (Å²) in [5.41, 5.74) is 1.15. The lowest BCUT2D eigenvalue weighted by atomic mass is 10.1. The average Bonchev–Trinajstić information content (AvgIpc) is 3.16. The van der Waals surface area contributed by atoms with E-state index < -0.39 is 0 Å². The van der Waals surface area contributed by atoms with E-state index in [2.05, 4.69) is 58.7 Å². The molecule has 0 bridgehead atoms. The van der Waals surface area contributed by atoms with Crippen LogP contribution < -0.4 is 10.6 Å². The predicted octanol–water partition coefficient (Wildman–Crippen LogP) is 4.40. The minimum Gasteiger partial charge on any atom is -0.351 e. The SMILES string of the molecule is CN=C(NCc1cnc(CC(C)C)s1)NCc1nc(C(C)C)cs1.I. The van der Waals surface area contributed by atoms with Crippen molar-refractivity contribution in [1.29, 1.82) is 0 Å². The number of aliphatic imine (C=N–C) groups is 1. The number of hydrogen-bond acceptors (Lipinski definition) is 5. The Morgan fingerprint density at radius 2 is 1.88 bits per heavy atom. The van der Waals surface area contributed by atoms with Crippen LogP contribution in [-0.4, -0.2) is 23.0 Å². The van der Waals surface area contributed by atoms with Gasteiger partial charge in [-0.25, -0.2) is 9.97 Å². The Bertz CT molecular complexity index is 664. The summed E-state index contributed by atoms with van der Waals surface area (Å²) >= 11 is 3.46. The van der Waals surface area contributed by atoms with Crippen LogP contribution in [0.5, 0.6) is 0 Å². The number of aromatic nitrogens is 2. The van der Waals surface area contributed by atoms with Crippen molar-refractivity contribution in [2.24, 2.45) is 10.9 Å². The van der Waals surface area contributed by atoms with E-state index in [9.17, 15) is 0 Å². The molecule has 25 heavy (non-hydrogen) atoms. The summed E-state index contributed by atoms with van der Waals surface area (Å²) in [7, 11) is 1.79. The number of nitrogens with zero attached hydrogens (tertiary/aromatic N) is 3. The van der Waals surface area contributed by atoms with Gasteiger partial charge in [0.1, 0.15) is 5.01 Å². The van der Waals surface area contributed by atoms with Crippen LogP contribution in [-0.2, 0) is 19.5 Å². The van der Waals surface area contributed by atoms with Crippen molar-refractivity contribution in [3.8, 4) is 0 Å². The first kappa shape index (κ1) is 22.3. The van der Waals surface area contributed by atoms with Crippen molar-refractivity contribution in [1.82, 2.24) is 20.6 Å². The number of halogens is 1. The molecular weight excluding hydrogens is 465 g/mol. The van der Waals surface area contributed by atoms with Gasteiger partial charge in [-0.1, -0.05) is 27.7 Å². The fourth-order valence-corrected chi connectivity index (χ4v) is 4.07. The lowest BCUT2D eigenvalue weighted by Crippen LogP contribution is -2.36. The largest absolute Gasteiger partial charge is 0.351 e. The van der Waals surface area contributed by atoms with E-state index in [0.717, 1.165) is 29.6 Å². The highest BCUT2D eigenvalue weighted by Crippen LogP contribution is 2.18. The summed E-state index contributed by atoms with van der Waals surface area (Å²) in [6, 6.07) is 0. The van der Waals surface area contributed by atoms with Crippen molar-refractivity contribution in [3.05, 3.63) is 32.2 Å². The molecule has 0 aliphatic heterocycles. The van der Waals surface area contributed by atoms with Gasteiger partial charge in [-0.3, -0.25) is 4.99 Å². The first-order valence-corrected chi connectivity index (χ1v) is 10.00. The summed E-state index contributed by atoms with van der Waals surface area (Å²) < 4.78 is 0. The van der Waals surface area contributed by atoms with Gasteiger partial charge in [0.25, 0.3) is 0 Å². The standard InChI is InChI=1S/C17H27N5S2.HI/c1-11(2)6-15-19-7-13(24-15)8-20-17(18-5)21-9-16-22-14(10-23-16)12(3)4;/h7,10-12H,6,8-9H2,1-5H3,(H2,18,20,21);1H. The van der Waals surface area contributed by atoms with Gasteiger partial charge < -0.3 is 10.6 Å². The van der Waals surface area contributed by atoms with Crippen LogP contribution in [0.15, 0.2) is 16.6 Å². The molecule has 5 nitrogen and oxygen atoms in total. The van der Waals surface area contributed by atoms with E-state index in [1.165, 1.54) is 9.88 Å². The fourth-order valence-electron chi connectivity index (χ4n) is 2.10. The summed E-state index contributed by atoms with van der Waals surface area (Å²) in [6.45, 7) is 10.2. The minimum absolute atomic E-state index is 0. The predicted molar refractivity (Wildman–Crippen MR) is 119 cm³/mol. The van der Waals surface area contributed by atoms with Gasteiger partial charge >= 0.3 is 0 Å². The number of rotatable bonds is 7. The third-order valence-electron chi connectivity index (χ3n) is 3.41. The Labute approximate surface area is 175 Å². The lowest BCUT2D eigenvalue weighted by Gasteiger charge is -2.09. The highest BCUT2D eigenvalue weighted by atomic mass is 127. The molecule has 2 aromatic rings. The molecule has 0 fully saturated rings. The van der Waals surface area contributed by atoms with Gasteiger partial charge in [0.15, 0.2) is 5.96 Å². The third kappa shape index (κ3) is 7.57. The van der Waals surface area contributed by atoms with Crippen LogP contribution in [0.2, 0.25) is 0 Å². The molecule has 0 aliphatic rings. The van der Waals surface area contributed by atoms with Gasteiger partial charge in [0.2, 0.25) is 0 Å². The highest BCUT2D eigenvalue weighted by Gasteiger charge is 2.08. The number of nitrogens with one attached hydrogen (secondary N) is 2. The molecule has 2 heterocycles. The summed E-state index contributed by atoms with van der Waals surface area (Å²) in [6.07, 6.45) is 3.00. The van der Waals surface area contributed by atoms with Crippen LogP contribution in [0.4, 0.5) is 0 Å². The topological polar surface area (TPSA) is 62.2 Å². The molecule has 0 saturated carbocycles. The Kier molecular flexibility index (Phi) is 9.88. The van der Waals surface area contributed by atoms with Gasteiger partial charge in [0, 0.05) is 29.9 Å². The van der Waals surface area contributed by atoms with Crippen LogP contribution >= 0.6 is 46.7 Å². The second-order valence-corrected chi connectivity index (χ2v) is 8.56. The van der Waals surface area contributed by atoms with E-state index in [-0.39, 0.29) is 24.0 Å². The Morgan fingerprint density at radius 1 is 1.16 bits per heavy atom. The average molecular weight is 493 g/mol. The van der Waals surface area contributed by atoms with Crippen molar-refractivity contribution in [2.75, 3.05) is 7.05 Å². The maximum atomic E-state index is 4.63. The summed E-state index contributed by atoms with van der Waals surface area (Å²) in [5.74, 6) is 1.90. The molecular formula is C17H28IN5S2.